The molecule has 1 aromatic heterocycles. The second kappa shape index (κ2) is 6.26. The molecule has 2 rings (SSSR count). The number of nitrogens with zero attached hydrogens (tertiary/aromatic N) is 4. The molecular formula is C12H23N5O. The van der Waals surface area contributed by atoms with Crippen molar-refractivity contribution in [3.05, 3.63) is 11.9 Å². The van der Waals surface area contributed by atoms with Crippen LogP contribution in [-0.4, -0.2) is 52.2 Å². The highest BCUT2D eigenvalue weighted by molar-refractivity contribution is 4.99. The van der Waals surface area contributed by atoms with Crippen LogP contribution in [0.2, 0.25) is 0 Å². The van der Waals surface area contributed by atoms with E-state index in [2.05, 4.69) is 22.1 Å². The summed E-state index contributed by atoms with van der Waals surface area (Å²) >= 11 is 0. The molecule has 2 unspecified atom stereocenters. The zero-order valence-corrected chi connectivity index (χ0v) is 11.2. The average Bonchev–Trinajstić information content (AvgIpc) is 2.86. The molecule has 0 amide bonds. The van der Waals surface area contributed by atoms with Gasteiger partial charge >= 0.3 is 0 Å². The van der Waals surface area contributed by atoms with Crippen LogP contribution in [0.5, 0.6) is 0 Å². The Balaban J connectivity index is 1.90. The highest BCUT2D eigenvalue weighted by Crippen LogP contribution is 2.11. The molecule has 0 aromatic carbocycles. The highest BCUT2D eigenvalue weighted by atomic mass is 16.5. The fourth-order valence-corrected chi connectivity index (χ4v) is 2.17. The summed E-state index contributed by atoms with van der Waals surface area (Å²) in [7, 11) is 0. The summed E-state index contributed by atoms with van der Waals surface area (Å²) in [6.07, 6.45) is 3.01. The van der Waals surface area contributed by atoms with E-state index in [4.69, 9.17) is 10.5 Å². The lowest BCUT2D eigenvalue weighted by atomic mass is 10.2. The second-order valence-corrected chi connectivity index (χ2v) is 4.77. The first-order valence-corrected chi connectivity index (χ1v) is 6.72. The van der Waals surface area contributed by atoms with Crippen LogP contribution in [-0.2, 0) is 11.3 Å². The third kappa shape index (κ3) is 3.28. The molecule has 0 saturated carbocycles. The quantitative estimate of drug-likeness (QED) is 0.823. The van der Waals surface area contributed by atoms with Crippen molar-refractivity contribution in [3.8, 4) is 0 Å². The minimum Gasteiger partial charge on any atom is -0.374 e. The van der Waals surface area contributed by atoms with Crippen LogP contribution in [0.25, 0.3) is 0 Å². The number of hydrogen-bond acceptors (Lipinski definition) is 5. The van der Waals surface area contributed by atoms with Gasteiger partial charge in [-0.1, -0.05) is 19.1 Å². The Bertz CT molecular complexity index is 367. The number of ether oxygens (including phenoxy) is 1. The number of aromatic nitrogens is 3. The minimum atomic E-state index is -0.0156. The molecule has 102 valence electrons. The standard InChI is InChI=1S/C12H23N5O/c1-3-11(13)12-9-17(15-14-12)8-10-7-16(4-2)5-6-18-10/h9-11H,3-8,13H2,1-2H3. The summed E-state index contributed by atoms with van der Waals surface area (Å²) in [5.74, 6) is 0. The third-order valence-electron chi connectivity index (χ3n) is 3.44. The van der Waals surface area contributed by atoms with Crippen LogP contribution in [0.15, 0.2) is 6.20 Å². The van der Waals surface area contributed by atoms with E-state index < -0.39 is 0 Å². The molecule has 2 heterocycles. The molecular weight excluding hydrogens is 230 g/mol. The van der Waals surface area contributed by atoms with Crippen molar-refractivity contribution in [1.29, 1.82) is 0 Å². The van der Waals surface area contributed by atoms with Gasteiger partial charge in [0.1, 0.15) is 0 Å². The summed E-state index contributed by atoms with van der Waals surface area (Å²) in [6.45, 7) is 8.84. The molecule has 1 saturated heterocycles. The summed E-state index contributed by atoms with van der Waals surface area (Å²) < 4.78 is 7.59. The van der Waals surface area contributed by atoms with Gasteiger partial charge in [0.25, 0.3) is 0 Å². The van der Waals surface area contributed by atoms with Gasteiger partial charge in [-0.05, 0) is 13.0 Å². The maximum absolute atomic E-state index is 5.93. The predicted octanol–water partition coefficient (Wildman–Crippen LogP) is 0.409. The Hall–Kier alpha value is -0.980. The molecule has 1 fully saturated rings. The van der Waals surface area contributed by atoms with Gasteiger partial charge in [0.05, 0.1) is 37.2 Å². The largest absolute Gasteiger partial charge is 0.374 e. The Labute approximate surface area is 108 Å². The molecule has 0 spiro atoms. The molecule has 1 aliphatic heterocycles. The third-order valence-corrected chi connectivity index (χ3v) is 3.44. The van der Waals surface area contributed by atoms with Gasteiger partial charge in [-0.3, -0.25) is 4.90 Å². The zero-order chi connectivity index (χ0) is 13.0. The van der Waals surface area contributed by atoms with Gasteiger partial charge in [-0.25, -0.2) is 4.68 Å². The molecule has 0 radical (unpaired) electrons. The van der Waals surface area contributed by atoms with Crippen LogP contribution in [0.4, 0.5) is 0 Å². The van der Waals surface area contributed by atoms with Gasteiger partial charge < -0.3 is 10.5 Å². The molecule has 1 aliphatic rings. The van der Waals surface area contributed by atoms with Crippen LogP contribution >= 0.6 is 0 Å². The summed E-state index contributed by atoms with van der Waals surface area (Å²) in [6, 6.07) is -0.0156. The molecule has 1 aromatic rings. The molecule has 2 N–H and O–H groups in total. The zero-order valence-electron chi connectivity index (χ0n) is 11.2. The number of morpholine rings is 1. The lowest BCUT2D eigenvalue weighted by Crippen LogP contribution is -2.44. The number of nitrogens with two attached hydrogens (primary N) is 1. The average molecular weight is 253 g/mol. The minimum absolute atomic E-state index is 0.0156. The van der Waals surface area contributed by atoms with Crippen molar-refractivity contribution in [2.24, 2.45) is 5.73 Å². The van der Waals surface area contributed by atoms with E-state index in [9.17, 15) is 0 Å². The van der Waals surface area contributed by atoms with Crippen LogP contribution in [0.3, 0.4) is 0 Å². The van der Waals surface area contributed by atoms with E-state index in [1.54, 1.807) is 0 Å². The second-order valence-electron chi connectivity index (χ2n) is 4.77. The van der Waals surface area contributed by atoms with Gasteiger partial charge in [0, 0.05) is 13.1 Å². The fraction of sp³-hybridized carbons (Fsp3) is 0.833. The Kier molecular flexibility index (Phi) is 4.68. The molecule has 6 heteroatoms. The van der Waals surface area contributed by atoms with Crippen molar-refractivity contribution in [1.82, 2.24) is 19.9 Å². The van der Waals surface area contributed by atoms with Crippen molar-refractivity contribution >= 4 is 0 Å². The van der Waals surface area contributed by atoms with E-state index in [1.807, 2.05) is 17.8 Å². The van der Waals surface area contributed by atoms with Gasteiger partial charge in [0.2, 0.25) is 0 Å². The first-order chi connectivity index (χ1) is 8.72. The summed E-state index contributed by atoms with van der Waals surface area (Å²) in [4.78, 5) is 2.39. The Morgan fingerprint density at radius 3 is 3.11 bits per heavy atom. The Morgan fingerprint density at radius 1 is 1.56 bits per heavy atom. The van der Waals surface area contributed by atoms with Crippen LogP contribution in [0.1, 0.15) is 32.0 Å². The fourth-order valence-electron chi connectivity index (χ4n) is 2.17. The molecule has 6 nitrogen and oxygen atoms in total. The van der Waals surface area contributed by atoms with Crippen molar-refractivity contribution < 1.29 is 4.74 Å². The van der Waals surface area contributed by atoms with Crippen molar-refractivity contribution in [2.75, 3.05) is 26.2 Å². The van der Waals surface area contributed by atoms with E-state index in [0.29, 0.717) is 0 Å². The summed E-state index contributed by atoms with van der Waals surface area (Å²) in [5, 5.41) is 8.23. The SMILES string of the molecule is CCC(N)c1cn(CC2CN(CC)CCO2)nn1. The van der Waals surface area contributed by atoms with E-state index in [1.165, 1.54) is 0 Å². The maximum Gasteiger partial charge on any atom is 0.0994 e. The predicted molar refractivity (Wildman–Crippen MR) is 69.1 cm³/mol. The van der Waals surface area contributed by atoms with Crippen LogP contribution < -0.4 is 5.73 Å². The molecule has 0 aliphatic carbocycles. The monoisotopic (exact) mass is 253 g/mol. The number of likely N-dealkylation sites (N-methyl/N-ethyl adjacent to an activating group) is 1. The number of hydrogen-bond donors (Lipinski definition) is 1. The molecule has 0 bridgehead atoms. The van der Waals surface area contributed by atoms with Crippen molar-refractivity contribution in [3.63, 3.8) is 0 Å². The van der Waals surface area contributed by atoms with Gasteiger partial charge in [-0.15, -0.1) is 5.10 Å². The Morgan fingerprint density at radius 2 is 2.39 bits per heavy atom. The first kappa shape index (κ1) is 13.5. The smallest absolute Gasteiger partial charge is 0.0994 e. The number of rotatable bonds is 5. The van der Waals surface area contributed by atoms with E-state index in [-0.39, 0.29) is 12.1 Å². The van der Waals surface area contributed by atoms with E-state index in [0.717, 1.165) is 44.9 Å². The molecule has 18 heavy (non-hydrogen) atoms. The first-order valence-electron chi connectivity index (χ1n) is 6.72. The lowest BCUT2D eigenvalue weighted by molar-refractivity contribution is -0.0360. The van der Waals surface area contributed by atoms with Crippen LogP contribution in [0, 0.1) is 0 Å². The lowest BCUT2D eigenvalue weighted by Gasteiger charge is -2.31. The topological polar surface area (TPSA) is 69.2 Å². The molecule has 2 atom stereocenters. The van der Waals surface area contributed by atoms with Gasteiger partial charge in [-0.2, -0.15) is 0 Å². The highest BCUT2D eigenvalue weighted by Gasteiger charge is 2.20. The summed E-state index contributed by atoms with van der Waals surface area (Å²) in [5.41, 5.74) is 6.79. The maximum atomic E-state index is 5.93. The van der Waals surface area contributed by atoms with Gasteiger partial charge in [0.15, 0.2) is 0 Å². The van der Waals surface area contributed by atoms with E-state index >= 15 is 0 Å². The normalized spacial score (nSPS) is 23.2. The van der Waals surface area contributed by atoms with Crippen molar-refractivity contribution in [2.45, 2.75) is 39.0 Å².